The number of aromatic nitrogens is 3. The summed E-state index contributed by atoms with van der Waals surface area (Å²) in [5.74, 6) is -0.538. The lowest BCUT2D eigenvalue weighted by molar-refractivity contribution is 0.0732. The van der Waals surface area contributed by atoms with Gasteiger partial charge in [0.15, 0.2) is 5.69 Å². The van der Waals surface area contributed by atoms with E-state index in [9.17, 15) is 9.18 Å². The van der Waals surface area contributed by atoms with Crippen LogP contribution in [-0.2, 0) is 6.54 Å². The highest BCUT2D eigenvalue weighted by Crippen LogP contribution is 2.34. The van der Waals surface area contributed by atoms with Crippen molar-refractivity contribution in [2.24, 2.45) is 0 Å². The lowest BCUT2D eigenvalue weighted by atomic mass is 9.98. The quantitative estimate of drug-likeness (QED) is 0.331. The van der Waals surface area contributed by atoms with Gasteiger partial charge in [-0.05, 0) is 66.6 Å². The second kappa shape index (κ2) is 10.5. The number of halogens is 3. The number of nitrogens with one attached hydrogen (secondary N) is 1. The van der Waals surface area contributed by atoms with E-state index in [1.165, 1.54) is 12.1 Å². The van der Waals surface area contributed by atoms with Crippen LogP contribution >= 0.6 is 23.2 Å². The van der Waals surface area contributed by atoms with E-state index in [-0.39, 0.29) is 17.8 Å². The molecule has 1 aliphatic rings. The zero-order chi connectivity index (χ0) is 26.1. The molecule has 1 atom stereocenters. The summed E-state index contributed by atoms with van der Waals surface area (Å²) in [6.07, 6.45) is 3.67. The molecule has 9 heteroatoms. The van der Waals surface area contributed by atoms with E-state index in [0.717, 1.165) is 28.1 Å². The molecule has 37 heavy (non-hydrogen) atoms. The van der Waals surface area contributed by atoms with Gasteiger partial charge in [0.05, 0.1) is 28.1 Å². The molecule has 1 amide bonds. The summed E-state index contributed by atoms with van der Waals surface area (Å²) in [4.78, 5) is 19.8. The molecule has 0 bridgehead atoms. The Kier molecular flexibility index (Phi) is 7.11. The van der Waals surface area contributed by atoms with Crippen molar-refractivity contribution < 1.29 is 9.18 Å². The molecule has 1 unspecified atom stereocenters. The number of carbonyl (C=O) groups excluding carboxylic acids is 1. The summed E-state index contributed by atoms with van der Waals surface area (Å²) in [6.45, 7) is 2.92. The van der Waals surface area contributed by atoms with Crippen molar-refractivity contribution in [3.8, 4) is 5.69 Å². The van der Waals surface area contributed by atoms with Crippen LogP contribution in [0.5, 0.6) is 0 Å². The van der Waals surface area contributed by atoms with Crippen LogP contribution < -0.4 is 5.32 Å². The average molecular weight is 536 g/mol. The summed E-state index contributed by atoms with van der Waals surface area (Å²) in [5.41, 5.74) is 4.96. The standard InChI is InChI=1S/C28H24Cl2FN5O/c1-17(24-5-3-4-12-33-24)35(2)28(37)26-22-16-32-15-19(13-18-6-9-21(31)10-7-18)27(22)36(34-26)25-11-8-20(29)14-23(25)30/h3-14,17,32H,15-16H2,1-2H3/b19-13+. The van der Waals surface area contributed by atoms with Crippen molar-refractivity contribution in [1.29, 1.82) is 0 Å². The van der Waals surface area contributed by atoms with Gasteiger partial charge in [-0.1, -0.05) is 41.4 Å². The van der Waals surface area contributed by atoms with Gasteiger partial charge in [-0.2, -0.15) is 5.10 Å². The van der Waals surface area contributed by atoms with E-state index in [1.807, 2.05) is 31.2 Å². The molecular formula is C28H24Cl2FN5O. The lowest BCUT2D eigenvalue weighted by Gasteiger charge is -2.24. The number of rotatable bonds is 5. The second-order valence-electron chi connectivity index (χ2n) is 8.85. The SMILES string of the molecule is CC(c1ccccn1)N(C)C(=O)c1nn(-c2ccc(Cl)cc2Cl)c2c1CNC/C2=C\c1ccc(F)cc1. The van der Waals surface area contributed by atoms with Crippen LogP contribution in [0.4, 0.5) is 4.39 Å². The van der Waals surface area contributed by atoms with Gasteiger partial charge in [-0.15, -0.1) is 0 Å². The number of hydrogen-bond donors (Lipinski definition) is 1. The Balaban J connectivity index is 1.64. The summed E-state index contributed by atoms with van der Waals surface area (Å²) in [7, 11) is 1.74. The Morgan fingerprint density at radius 3 is 2.62 bits per heavy atom. The third-order valence-corrected chi connectivity index (χ3v) is 7.01. The predicted molar refractivity (Wildman–Crippen MR) is 144 cm³/mol. The van der Waals surface area contributed by atoms with E-state index in [1.54, 1.807) is 53.2 Å². The monoisotopic (exact) mass is 535 g/mol. The van der Waals surface area contributed by atoms with Crippen molar-refractivity contribution in [2.75, 3.05) is 13.6 Å². The lowest BCUT2D eigenvalue weighted by Crippen LogP contribution is -2.32. The molecule has 2 aromatic carbocycles. The average Bonchev–Trinajstić information content (AvgIpc) is 3.29. The van der Waals surface area contributed by atoms with Crippen LogP contribution in [-0.4, -0.2) is 39.2 Å². The van der Waals surface area contributed by atoms with Crippen molar-refractivity contribution in [3.63, 3.8) is 0 Å². The molecule has 3 heterocycles. The van der Waals surface area contributed by atoms with Crippen LogP contribution in [0.2, 0.25) is 10.0 Å². The minimum Gasteiger partial charge on any atom is -0.332 e. The molecule has 5 rings (SSSR count). The first-order valence-corrected chi connectivity index (χ1v) is 12.5. The zero-order valence-corrected chi connectivity index (χ0v) is 21.8. The van der Waals surface area contributed by atoms with Crippen molar-refractivity contribution in [2.45, 2.75) is 19.5 Å². The first-order chi connectivity index (χ1) is 17.8. The fourth-order valence-electron chi connectivity index (χ4n) is 4.40. The Bertz CT molecular complexity index is 1480. The van der Waals surface area contributed by atoms with Crippen LogP contribution in [0.25, 0.3) is 17.3 Å². The van der Waals surface area contributed by atoms with Crippen molar-refractivity contribution in [1.82, 2.24) is 25.0 Å². The number of fused-ring (bicyclic) bond motifs is 1. The normalized spacial score (nSPS) is 14.9. The van der Waals surface area contributed by atoms with Crippen LogP contribution in [0.3, 0.4) is 0 Å². The van der Waals surface area contributed by atoms with Gasteiger partial charge < -0.3 is 10.2 Å². The molecule has 2 aromatic heterocycles. The van der Waals surface area contributed by atoms with E-state index < -0.39 is 0 Å². The molecule has 0 spiro atoms. The number of hydrogen-bond acceptors (Lipinski definition) is 4. The summed E-state index contributed by atoms with van der Waals surface area (Å²) < 4.78 is 15.2. The number of benzene rings is 2. The van der Waals surface area contributed by atoms with E-state index in [2.05, 4.69) is 10.3 Å². The maximum atomic E-state index is 13.8. The minimum atomic E-state index is -0.305. The zero-order valence-electron chi connectivity index (χ0n) is 20.3. The highest BCUT2D eigenvalue weighted by molar-refractivity contribution is 6.35. The molecule has 0 saturated carbocycles. The largest absolute Gasteiger partial charge is 0.332 e. The van der Waals surface area contributed by atoms with E-state index >= 15 is 0 Å². The third kappa shape index (κ3) is 5.03. The second-order valence-corrected chi connectivity index (χ2v) is 9.70. The fraction of sp³-hybridized carbons (Fsp3) is 0.179. The van der Waals surface area contributed by atoms with Gasteiger partial charge >= 0.3 is 0 Å². The molecule has 0 radical (unpaired) electrons. The highest BCUT2D eigenvalue weighted by Gasteiger charge is 2.32. The van der Waals surface area contributed by atoms with Crippen molar-refractivity contribution in [3.05, 3.63) is 111 Å². The van der Waals surface area contributed by atoms with Gasteiger partial charge in [-0.25, -0.2) is 9.07 Å². The summed E-state index contributed by atoms with van der Waals surface area (Å²) in [5, 5.41) is 9.07. The highest BCUT2D eigenvalue weighted by atomic mass is 35.5. The molecule has 0 aliphatic carbocycles. The Hall–Kier alpha value is -3.52. The van der Waals surface area contributed by atoms with Crippen molar-refractivity contribution >= 4 is 40.8 Å². The summed E-state index contributed by atoms with van der Waals surface area (Å²) >= 11 is 12.7. The topological polar surface area (TPSA) is 63.1 Å². The third-order valence-electron chi connectivity index (χ3n) is 6.47. The minimum absolute atomic E-state index is 0.233. The molecule has 4 aromatic rings. The Labute approximate surface area is 224 Å². The molecule has 0 saturated heterocycles. The van der Waals surface area contributed by atoms with Crippen LogP contribution in [0.15, 0.2) is 66.9 Å². The van der Waals surface area contributed by atoms with Gasteiger partial charge in [0.1, 0.15) is 5.82 Å². The first kappa shape index (κ1) is 25.1. The van der Waals surface area contributed by atoms with E-state index in [4.69, 9.17) is 28.3 Å². The van der Waals surface area contributed by atoms with E-state index in [0.29, 0.717) is 34.5 Å². The first-order valence-electron chi connectivity index (χ1n) is 11.8. The molecule has 1 aliphatic heterocycles. The molecule has 1 N–H and O–H groups in total. The molecule has 0 fully saturated rings. The van der Waals surface area contributed by atoms with Gasteiger partial charge in [0.25, 0.3) is 5.91 Å². The maximum Gasteiger partial charge on any atom is 0.275 e. The predicted octanol–water partition coefficient (Wildman–Crippen LogP) is 6.19. The Morgan fingerprint density at radius 1 is 1.14 bits per heavy atom. The Morgan fingerprint density at radius 2 is 1.92 bits per heavy atom. The van der Waals surface area contributed by atoms with Gasteiger partial charge in [0.2, 0.25) is 0 Å². The molecule has 6 nitrogen and oxygen atoms in total. The number of pyridine rings is 1. The number of amides is 1. The maximum absolute atomic E-state index is 13.8. The molecule has 188 valence electrons. The summed E-state index contributed by atoms with van der Waals surface area (Å²) in [6, 6.07) is 16.8. The fourth-order valence-corrected chi connectivity index (χ4v) is 4.89. The van der Waals surface area contributed by atoms with Gasteiger partial charge in [-0.3, -0.25) is 9.78 Å². The molecular weight excluding hydrogens is 512 g/mol. The number of carbonyl (C=O) groups is 1. The van der Waals surface area contributed by atoms with Gasteiger partial charge in [0, 0.05) is 36.9 Å². The van der Waals surface area contributed by atoms with Crippen LogP contribution in [0.1, 0.15) is 46.0 Å². The number of nitrogens with zero attached hydrogens (tertiary/aromatic N) is 4. The smallest absolute Gasteiger partial charge is 0.275 e. The van der Waals surface area contributed by atoms with Crippen LogP contribution in [0, 0.1) is 5.82 Å².